The van der Waals surface area contributed by atoms with Gasteiger partial charge in [-0.1, -0.05) is 18.2 Å². The molecule has 0 unspecified atom stereocenters. The monoisotopic (exact) mass is 410 g/mol. The maximum atomic E-state index is 12.4. The van der Waals surface area contributed by atoms with Crippen LogP contribution in [-0.2, 0) is 23.9 Å². The first-order valence-corrected chi connectivity index (χ1v) is 10.5. The minimum atomic E-state index is -0.822. The largest absolute Gasteiger partial charge is 0.484 e. The Hall–Kier alpha value is -2.26. The molecule has 1 N–H and O–H groups in total. The highest BCUT2D eigenvalue weighted by atomic mass is 32.2. The van der Waals surface area contributed by atoms with Gasteiger partial charge in [0, 0.05) is 13.1 Å². The molecule has 1 aromatic rings. The highest BCUT2D eigenvalue weighted by Gasteiger charge is 2.24. The fourth-order valence-corrected chi connectivity index (χ4v) is 3.00. The molecule has 8 nitrogen and oxygen atoms in total. The standard InChI is InChI=1S/C19H26N2O6S/c1-28-12-7-16(20-17(22)13-26-15-5-3-2-4-6-15)19(24)27-14-18(23)21-8-10-25-11-9-21/h2-6,16H,7-14H2,1H3,(H,20,22)/t16-/m0/s1. The van der Waals surface area contributed by atoms with Crippen molar-refractivity contribution in [3.8, 4) is 5.75 Å². The summed E-state index contributed by atoms with van der Waals surface area (Å²) in [6.45, 7) is 1.38. The highest BCUT2D eigenvalue weighted by molar-refractivity contribution is 7.98. The fraction of sp³-hybridized carbons (Fsp3) is 0.526. The number of carbonyl (C=O) groups is 3. The lowest BCUT2D eigenvalue weighted by atomic mass is 10.2. The van der Waals surface area contributed by atoms with Crippen LogP contribution in [0.25, 0.3) is 0 Å². The van der Waals surface area contributed by atoms with E-state index >= 15 is 0 Å². The zero-order valence-corrected chi connectivity index (χ0v) is 16.7. The number of ether oxygens (including phenoxy) is 3. The van der Waals surface area contributed by atoms with E-state index < -0.39 is 17.9 Å². The van der Waals surface area contributed by atoms with Gasteiger partial charge >= 0.3 is 5.97 Å². The number of para-hydroxylation sites is 1. The lowest BCUT2D eigenvalue weighted by molar-refractivity contribution is -0.156. The second-order valence-corrected chi connectivity index (χ2v) is 7.09. The molecule has 1 aromatic carbocycles. The number of morpholine rings is 1. The van der Waals surface area contributed by atoms with Crippen molar-refractivity contribution >= 4 is 29.5 Å². The van der Waals surface area contributed by atoms with Crippen LogP contribution in [0.2, 0.25) is 0 Å². The van der Waals surface area contributed by atoms with Crippen molar-refractivity contribution in [2.75, 3.05) is 51.5 Å². The molecule has 1 heterocycles. The molecule has 0 radical (unpaired) electrons. The van der Waals surface area contributed by atoms with Gasteiger partial charge < -0.3 is 24.4 Å². The quantitative estimate of drug-likeness (QED) is 0.568. The summed E-state index contributed by atoms with van der Waals surface area (Å²) in [5.74, 6) is -0.0806. The topological polar surface area (TPSA) is 94.2 Å². The lowest BCUT2D eigenvalue weighted by Gasteiger charge is -2.27. The minimum absolute atomic E-state index is 0.209. The van der Waals surface area contributed by atoms with E-state index in [0.29, 0.717) is 44.2 Å². The molecule has 154 valence electrons. The molecule has 28 heavy (non-hydrogen) atoms. The molecule has 1 saturated heterocycles. The van der Waals surface area contributed by atoms with E-state index in [9.17, 15) is 14.4 Å². The van der Waals surface area contributed by atoms with Gasteiger partial charge in [0.25, 0.3) is 11.8 Å². The van der Waals surface area contributed by atoms with Gasteiger partial charge in [0.1, 0.15) is 11.8 Å². The molecular formula is C19H26N2O6S. The SMILES string of the molecule is CSCC[C@H](NC(=O)COc1ccccc1)C(=O)OCC(=O)N1CCOCC1. The van der Waals surface area contributed by atoms with Crippen LogP contribution >= 0.6 is 11.8 Å². The van der Waals surface area contributed by atoms with E-state index in [0.717, 1.165) is 0 Å². The summed E-state index contributed by atoms with van der Waals surface area (Å²) < 4.78 is 15.7. The summed E-state index contributed by atoms with van der Waals surface area (Å²) in [6.07, 6.45) is 2.31. The van der Waals surface area contributed by atoms with E-state index in [2.05, 4.69) is 5.32 Å². The number of esters is 1. The number of thioether (sulfide) groups is 1. The molecule has 0 bridgehead atoms. The van der Waals surface area contributed by atoms with Gasteiger partial charge in [-0.25, -0.2) is 4.79 Å². The summed E-state index contributed by atoms with van der Waals surface area (Å²) in [4.78, 5) is 38.2. The smallest absolute Gasteiger partial charge is 0.329 e. The summed E-state index contributed by atoms with van der Waals surface area (Å²) in [6, 6.07) is 8.11. The number of hydrogen-bond acceptors (Lipinski definition) is 7. The molecule has 1 atom stereocenters. The van der Waals surface area contributed by atoms with Crippen LogP contribution in [0, 0.1) is 0 Å². The number of nitrogens with zero attached hydrogens (tertiary/aromatic N) is 1. The van der Waals surface area contributed by atoms with Crippen LogP contribution in [0.15, 0.2) is 30.3 Å². The van der Waals surface area contributed by atoms with Crippen molar-refractivity contribution < 1.29 is 28.6 Å². The molecule has 0 aromatic heterocycles. The van der Waals surface area contributed by atoms with Crippen LogP contribution in [0.1, 0.15) is 6.42 Å². The van der Waals surface area contributed by atoms with E-state index in [1.807, 2.05) is 12.3 Å². The predicted octanol–water partition coefficient (Wildman–Crippen LogP) is 0.705. The normalized spacial score (nSPS) is 14.8. The Kier molecular flexibility index (Phi) is 9.64. The predicted molar refractivity (Wildman–Crippen MR) is 105 cm³/mol. The van der Waals surface area contributed by atoms with Crippen molar-refractivity contribution in [1.82, 2.24) is 10.2 Å². The highest BCUT2D eigenvalue weighted by Crippen LogP contribution is 2.08. The number of carbonyl (C=O) groups excluding carboxylic acids is 3. The van der Waals surface area contributed by atoms with Crippen LogP contribution < -0.4 is 10.1 Å². The molecule has 0 spiro atoms. The van der Waals surface area contributed by atoms with Crippen molar-refractivity contribution in [2.24, 2.45) is 0 Å². The van der Waals surface area contributed by atoms with E-state index in [-0.39, 0.29) is 19.1 Å². The molecule has 9 heteroatoms. The second kappa shape index (κ2) is 12.2. The van der Waals surface area contributed by atoms with Crippen molar-refractivity contribution in [3.63, 3.8) is 0 Å². The van der Waals surface area contributed by atoms with Gasteiger partial charge in [-0.3, -0.25) is 9.59 Å². The summed E-state index contributed by atoms with van der Waals surface area (Å²) in [7, 11) is 0. The Bertz CT molecular complexity index is 637. The Morgan fingerprint density at radius 3 is 2.57 bits per heavy atom. The molecule has 1 fully saturated rings. The average molecular weight is 410 g/mol. The molecule has 2 amide bonds. The maximum Gasteiger partial charge on any atom is 0.329 e. The van der Waals surface area contributed by atoms with Gasteiger partial charge in [0.15, 0.2) is 13.2 Å². The third-order valence-corrected chi connectivity index (χ3v) is 4.69. The van der Waals surface area contributed by atoms with Gasteiger partial charge in [0.05, 0.1) is 13.2 Å². The summed E-state index contributed by atoms with van der Waals surface area (Å²) >= 11 is 1.55. The third kappa shape index (κ3) is 7.77. The Balaban J connectivity index is 1.80. The number of benzene rings is 1. The number of rotatable bonds is 10. The Morgan fingerprint density at radius 2 is 1.89 bits per heavy atom. The van der Waals surface area contributed by atoms with Crippen LogP contribution in [0.5, 0.6) is 5.75 Å². The van der Waals surface area contributed by atoms with E-state index in [1.54, 1.807) is 40.9 Å². The number of hydrogen-bond donors (Lipinski definition) is 1. The lowest BCUT2D eigenvalue weighted by Crippen LogP contribution is -2.46. The van der Waals surface area contributed by atoms with Crippen molar-refractivity contribution in [1.29, 1.82) is 0 Å². The minimum Gasteiger partial charge on any atom is -0.484 e. The van der Waals surface area contributed by atoms with Crippen molar-refractivity contribution in [2.45, 2.75) is 12.5 Å². The van der Waals surface area contributed by atoms with Gasteiger partial charge in [0.2, 0.25) is 0 Å². The average Bonchev–Trinajstić information content (AvgIpc) is 2.74. The zero-order chi connectivity index (χ0) is 20.2. The van der Waals surface area contributed by atoms with Crippen LogP contribution in [0.4, 0.5) is 0 Å². The first-order chi connectivity index (χ1) is 13.6. The molecule has 2 rings (SSSR count). The first-order valence-electron chi connectivity index (χ1n) is 9.08. The van der Waals surface area contributed by atoms with Crippen LogP contribution in [-0.4, -0.2) is 80.3 Å². The molecule has 1 aliphatic rings. The third-order valence-electron chi connectivity index (χ3n) is 4.05. The Morgan fingerprint density at radius 1 is 1.18 bits per heavy atom. The van der Waals surface area contributed by atoms with Gasteiger partial charge in [-0.05, 0) is 30.6 Å². The number of amides is 2. The molecular weight excluding hydrogens is 384 g/mol. The van der Waals surface area contributed by atoms with E-state index in [4.69, 9.17) is 14.2 Å². The van der Waals surface area contributed by atoms with Gasteiger partial charge in [-0.2, -0.15) is 11.8 Å². The fourth-order valence-electron chi connectivity index (χ4n) is 2.52. The van der Waals surface area contributed by atoms with E-state index in [1.165, 1.54) is 0 Å². The maximum absolute atomic E-state index is 12.4. The zero-order valence-electron chi connectivity index (χ0n) is 15.9. The number of nitrogens with one attached hydrogen (secondary N) is 1. The Labute approximate surface area is 168 Å². The van der Waals surface area contributed by atoms with Crippen molar-refractivity contribution in [3.05, 3.63) is 30.3 Å². The summed E-state index contributed by atoms with van der Waals surface area (Å²) in [5.41, 5.74) is 0. The summed E-state index contributed by atoms with van der Waals surface area (Å²) in [5, 5.41) is 2.63. The molecule has 0 aliphatic carbocycles. The van der Waals surface area contributed by atoms with Gasteiger partial charge in [-0.15, -0.1) is 0 Å². The second-order valence-electron chi connectivity index (χ2n) is 6.10. The molecule has 1 aliphatic heterocycles. The first kappa shape index (κ1) is 22.0. The van der Waals surface area contributed by atoms with Crippen LogP contribution in [0.3, 0.4) is 0 Å². The molecule has 0 saturated carbocycles.